The van der Waals surface area contributed by atoms with Crippen LogP contribution in [0.3, 0.4) is 0 Å². The Kier molecular flexibility index (Phi) is 7.02. The molecule has 1 atom stereocenters. The Morgan fingerprint density at radius 2 is 1.85 bits per heavy atom. The molecule has 1 amide bonds. The van der Waals surface area contributed by atoms with Crippen LogP contribution in [-0.2, 0) is 20.7 Å². The van der Waals surface area contributed by atoms with Crippen LogP contribution in [0.1, 0.15) is 17.5 Å². The SMILES string of the molecule is COC(=O)[C@@H](C/C=C/c1ccccc1)NC(=O)Cc1ccc(F)c(F)c1. The number of hydrogen-bond acceptors (Lipinski definition) is 3. The van der Waals surface area contributed by atoms with Gasteiger partial charge in [0, 0.05) is 0 Å². The van der Waals surface area contributed by atoms with E-state index in [4.69, 9.17) is 4.74 Å². The summed E-state index contributed by atoms with van der Waals surface area (Å²) in [5.41, 5.74) is 1.27. The largest absolute Gasteiger partial charge is 0.467 e. The van der Waals surface area contributed by atoms with E-state index in [1.807, 2.05) is 36.4 Å². The fraction of sp³-hybridized carbons (Fsp3) is 0.200. The van der Waals surface area contributed by atoms with Gasteiger partial charge in [0.05, 0.1) is 13.5 Å². The first-order valence-corrected chi connectivity index (χ1v) is 8.02. The summed E-state index contributed by atoms with van der Waals surface area (Å²) in [4.78, 5) is 24.0. The van der Waals surface area contributed by atoms with Gasteiger partial charge in [-0.05, 0) is 29.7 Å². The van der Waals surface area contributed by atoms with Crippen molar-refractivity contribution in [2.24, 2.45) is 0 Å². The van der Waals surface area contributed by atoms with Crippen molar-refractivity contribution >= 4 is 18.0 Å². The molecule has 1 N–H and O–H groups in total. The van der Waals surface area contributed by atoms with Crippen molar-refractivity contribution in [3.05, 3.63) is 77.4 Å². The van der Waals surface area contributed by atoms with Crippen LogP contribution >= 0.6 is 0 Å². The molecule has 2 aromatic carbocycles. The van der Waals surface area contributed by atoms with Crippen LogP contribution in [0.2, 0.25) is 0 Å². The van der Waals surface area contributed by atoms with Crippen LogP contribution in [0, 0.1) is 11.6 Å². The third-order valence-corrected chi connectivity index (χ3v) is 3.65. The van der Waals surface area contributed by atoms with Crippen LogP contribution in [0.25, 0.3) is 6.08 Å². The van der Waals surface area contributed by atoms with Gasteiger partial charge in [-0.25, -0.2) is 13.6 Å². The minimum absolute atomic E-state index is 0.174. The number of ether oxygens (including phenoxy) is 1. The quantitative estimate of drug-likeness (QED) is 0.772. The minimum Gasteiger partial charge on any atom is -0.467 e. The summed E-state index contributed by atoms with van der Waals surface area (Å²) in [6.45, 7) is 0. The number of rotatable bonds is 7. The number of hydrogen-bond donors (Lipinski definition) is 1. The summed E-state index contributed by atoms with van der Waals surface area (Å²) in [5.74, 6) is -3.07. The van der Waals surface area contributed by atoms with E-state index < -0.39 is 29.6 Å². The van der Waals surface area contributed by atoms with Gasteiger partial charge in [-0.15, -0.1) is 0 Å². The molecule has 6 heteroatoms. The van der Waals surface area contributed by atoms with Gasteiger partial charge in [0.1, 0.15) is 6.04 Å². The summed E-state index contributed by atoms with van der Waals surface area (Å²) in [5, 5.41) is 2.56. The zero-order valence-electron chi connectivity index (χ0n) is 14.2. The molecule has 136 valence electrons. The van der Waals surface area contributed by atoms with Crippen LogP contribution in [0.4, 0.5) is 8.78 Å². The van der Waals surface area contributed by atoms with Crippen molar-refractivity contribution in [3.8, 4) is 0 Å². The Morgan fingerprint density at radius 3 is 2.50 bits per heavy atom. The molecule has 4 nitrogen and oxygen atoms in total. The number of carbonyl (C=O) groups excluding carboxylic acids is 2. The van der Waals surface area contributed by atoms with Crippen LogP contribution in [-0.4, -0.2) is 25.0 Å². The molecular formula is C20H19F2NO3. The van der Waals surface area contributed by atoms with E-state index in [-0.39, 0.29) is 12.8 Å². The lowest BCUT2D eigenvalue weighted by Gasteiger charge is -2.15. The lowest BCUT2D eigenvalue weighted by Crippen LogP contribution is -2.41. The number of halogens is 2. The molecule has 0 aliphatic carbocycles. The van der Waals surface area contributed by atoms with Gasteiger partial charge in [-0.3, -0.25) is 4.79 Å². The van der Waals surface area contributed by atoms with E-state index in [2.05, 4.69) is 5.32 Å². The highest BCUT2D eigenvalue weighted by Gasteiger charge is 2.20. The lowest BCUT2D eigenvalue weighted by atomic mass is 10.1. The number of nitrogens with one attached hydrogen (secondary N) is 1. The fourth-order valence-electron chi connectivity index (χ4n) is 2.34. The average molecular weight is 359 g/mol. The highest BCUT2D eigenvalue weighted by Crippen LogP contribution is 2.10. The summed E-state index contributed by atoms with van der Waals surface area (Å²) in [7, 11) is 1.23. The maximum atomic E-state index is 13.2. The summed E-state index contributed by atoms with van der Waals surface area (Å²) in [6.07, 6.45) is 3.66. The van der Waals surface area contributed by atoms with Gasteiger partial charge in [0.25, 0.3) is 0 Å². The molecule has 0 unspecified atom stereocenters. The van der Waals surface area contributed by atoms with Crippen molar-refractivity contribution in [1.82, 2.24) is 5.32 Å². The zero-order chi connectivity index (χ0) is 18.9. The lowest BCUT2D eigenvalue weighted by molar-refractivity contribution is -0.144. The van der Waals surface area contributed by atoms with Gasteiger partial charge in [-0.1, -0.05) is 48.6 Å². The fourth-order valence-corrected chi connectivity index (χ4v) is 2.34. The number of carbonyl (C=O) groups is 2. The second kappa shape index (κ2) is 9.46. The summed E-state index contributed by atoms with van der Waals surface area (Å²) >= 11 is 0. The summed E-state index contributed by atoms with van der Waals surface area (Å²) < 4.78 is 30.8. The molecule has 0 saturated carbocycles. The van der Waals surface area contributed by atoms with Gasteiger partial charge in [-0.2, -0.15) is 0 Å². The smallest absolute Gasteiger partial charge is 0.328 e. The third kappa shape index (κ3) is 5.81. The van der Waals surface area contributed by atoms with E-state index in [0.717, 1.165) is 17.7 Å². The van der Waals surface area contributed by atoms with Crippen molar-refractivity contribution in [1.29, 1.82) is 0 Å². The highest BCUT2D eigenvalue weighted by atomic mass is 19.2. The zero-order valence-corrected chi connectivity index (χ0v) is 14.2. The minimum atomic E-state index is -1.02. The van der Waals surface area contributed by atoms with E-state index in [1.54, 1.807) is 6.08 Å². The van der Waals surface area contributed by atoms with Crippen LogP contribution in [0.5, 0.6) is 0 Å². The van der Waals surface area contributed by atoms with Crippen molar-refractivity contribution in [3.63, 3.8) is 0 Å². The monoisotopic (exact) mass is 359 g/mol. The molecule has 0 aromatic heterocycles. The van der Waals surface area contributed by atoms with Gasteiger partial charge in [0.15, 0.2) is 11.6 Å². The molecule has 2 aromatic rings. The van der Waals surface area contributed by atoms with Crippen molar-refractivity contribution < 1.29 is 23.1 Å². The molecule has 2 rings (SSSR count). The van der Waals surface area contributed by atoms with Gasteiger partial charge < -0.3 is 10.1 Å². The molecule has 0 saturated heterocycles. The molecule has 0 radical (unpaired) electrons. The normalized spacial score (nSPS) is 12.0. The molecule has 0 heterocycles. The Bertz CT molecular complexity index is 791. The molecule has 0 spiro atoms. The van der Waals surface area contributed by atoms with E-state index >= 15 is 0 Å². The van der Waals surface area contributed by atoms with Crippen LogP contribution in [0.15, 0.2) is 54.6 Å². The van der Waals surface area contributed by atoms with Gasteiger partial charge >= 0.3 is 5.97 Å². The Hall–Kier alpha value is -3.02. The number of esters is 1. The van der Waals surface area contributed by atoms with Crippen molar-refractivity contribution in [2.45, 2.75) is 18.9 Å². The molecular weight excluding hydrogens is 340 g/mol. The standard InChI is InChI=1S/C20H19F2NO3/c1-26-20(25)18(9-5-8-14-6-3-2-4-7-14)23-19(24)13-15-10-11-16(21)17(22)12-15/h2-8,10-12,18H,9,13H2,1H3,(H,23,24)/b8-5+/t18-/m1/s1. The summed E-state index contributed by atoms with van der Waals surface area (Å²) in [6, 6.07) is 11.9. The van der Waals surface area contributed by atoms with Crippen molar-refractivity contribution in [2.75, 3.05) is 7.11 Å². The van der Waals surface area contributed by atoms with Gasteiger partial charge in [0.2, 0.25) is 5.91 Å². The van der Waals surface area contributed by atoms with E-state index in [9.17, 15) is 18.4 Å². The first kappa shape index (κ1) is 19.3. The second-order valence-electron chi connectivity index (χ2n) is 5.62. The Labute approximate surface area is 150 Å². The Balaban J connectivity index is 1.97. The number of methoxy groups -OCH3 is 1. The third-order valence-electron chi connectivity index (χ3n) is 3.65. The first-order valence-electron chi connectivity index (χ1n) is 8.02. The Morgan fingerprint density at radius 1 is 1.12 bits per heavy atom. The molecule has 0 aliphatic heterocycles. The highest BCUT2D eigenvalue weighted by molar-refractivity contribution is 5.85. The first-order chi connectivity index (χ1) is 12.5. The van der Waals surface area contributed by atoms with Crippen LogP contribution < -0.4 is 5.32 Å². The molecule has 0 fully saturated rings. The predicted octanol–water partition coefficient (Wildman–Crippen LogP) is 3.27. The van der Waals surface area contributed by atoms with E-state index in [0.29, 0.717) is 5.56 Å². The molecule has 0 aliphatic rings. The molecule has 26 heavy (non-hydrogen) atoms. The molecule has 0 bridgehead atoms. The topological polar surface area (TPSA) is 55.4 Å². The maximum Gasteiger partial charge on any atom is 0.328 e. The number of benzene rings is 2. The maximum absolute atomic E-state index is 13.2. The number of amides is 1. The second-order valence-corrected chi connectivity index (χ2v) is 5.62. The predicted molar refractivity (Wildman–Crippen MR) is 94.1 cm³/mol. The van der Waals surface area contributed by atoms with E-state index in [1.165, 1.54) is 13.2 Å². The average Bonchev–Trinajstić information content (AvgIpc) is 2.64.